The molecule has 2 rings (SSSR count). The minimum absolute atomic E-state index is 0.0826. The number of halogens is 1. The Hall–Kier alpha value is -1.45. The molecule has 0 spiro atoms. The summed E-state index contributed by atoms with van der Waals surface area (Å²) in [7, 11) is -4.03. The van der Waals surface area contributed by atoms with Gasteiger partial charge in [0.1, 0.15) is 21.9 Å². The van der Waals surface area contributed by atoms with Crippen molar-refractivity contribution in [3.8, 4) is 11.5 Å². The van der Waals surface area contributed by atoms with Gasteiger partial charge in [0.2, 0.25) is 0 Å². The minimum Gasteiger partial charge on any atom is -0.493 e. The predicted molar refractivity (Wildman–Crippen MR) is 105 cm³/mol. The lowest BCUT2D eigenvalue weighted by Gasteiger charge is -2.12. The van der Waals surface area contributed by atoms with Crippen LogP contribution in [0.2, 0.25) is 5.02 Å². The van der Waals surface area contributed by atoms with Gasteiger partial charge < -0.3 is 20.4 Å². The summed E-state index contributed by atoms with van der Waals surface area (Å²) in [5, 5.41) is 0.104. The smallest absolute Gasteiger partial charge is 0.340 e. The lowest BCUT2D eigenvalue weighted by Crippen LogP contribution is -2.26. The first-order valence-corrected chi connectivity index (χ1v) is 10.7. The Balaban J connectivity index is 2.06. The molecule has 0 radical (unpaired) electrons. The van der Waals surface area contributed by atoms with Crippen molar-refractivity contribution in [3.63, 3.8) is 0 Å². The van der Waals surface area contributed by atoms with E-state index in [2.05, 4.69) is 0 Å². The fourth-order valence-corrected chi connectivity index (χ4v) is 4.10. The molecule has 0 aliphatic heterocycles. The standard InChI is InChI=1S/C17H21ClN2O4S2/c1-12-9-13(23-7-4-8-25-17(19)20)11-14(10-12)24-26(21,22)16-6-3-2-5-15(16)18/h2-3,5-6,9-11,17H,4,7-8,19-20H2,1H3. The Labute approximate surface area is 162 Å². The third-order valence-corrected chi connectivity index (χ3v) is 5.86. The van der Waals surface area contributed by atoms with Crippen molar-refractivity contribution in [1.82, 2.24) is 0 Å². The van der Waals surface area contributed by atoms with Crippen molar-refractivity contribution in [2.24, 2.45) is 11.5 Å². The average Bonchev–Trinajstić information content (AvgIpc) is 2.53. The van der Waals surface area contributed by atoms with E-state index in [9.17, 15) is 8.42 Å². The van der Waals surface area contributed by atoms with Crippen LogP contribution in [0.5, 0.6) is 11.5 Å². The molecule has 0 bridgehead atoms. The molecule has 0 atom stereocenters. The largest absolute Gasteiger partial charge is 0.493 e. The van der Waals surface area contributed by atoms with E-state index in [4.69, 9.17) is 32.0 Å². The molecule has 2 aromatic carbocycles. The first kappa shape index (κ1) is 20.9. The summed E-state index contributed by atoms with van der Waals surface area (Å²) in [6, 6.07) is 11.1. The van der Waals surface area contributed by atoms with Crippen LogP contribution < -0.4 is 20.4 Å². The summed E-state index contributed by atoms with van der Waals surface area (Å²) >= 11 is 7.39. The second-order valence-electron chi connectivity index (χ2n) is 5.49. The van der Waals surface area contributed by atoms with Crippen LogP contribution in [-0.4, -0.2) is 26.3 Å². The number of rotatable bonds is 9. The van der Waals surface area contributed by atoms with E-state index in [1.165, 1.54) is 30.0 Å². The molecule has 0 saturated heterocycles. The Morgan fingerprint density at radius 3 is 2.54 bits per heavy atom. The number of benzene rings is 2. The van der Waals surface area contributed by atoms with Gasteiger partial charge in [0.05, 0.1) is 11.6 Å². The number of thioether (sulfide) groups is 1. The maximum atomic E-state index is 12.4. The highest BCUT2D eigenvalue weighted by Crippen LogP contribution is 2.28. The topological polar surface area (TPSA) is 105 Å². The summed E-state index contributed by atoms with van der Waals surface area (Å²) in [4.78, 5) is -0.0826. The van der Waals surface area contributed by atoms with Gasteiger partial charge in [0, 0.05) is 6.07 Å². The summed E-state index contributed by atoms with van der Waals surface area (Å²) < 4.78 is 35.7. The number of hydrogen-bond acceptors (Lipinski definition) is 7. The molecule has 0 aromatic heterocycles. The summed E-state index contributed by atoms with van der Waals surface area (Å²) in [6.45, 7) is 2.28. The van der Waals surface area contributed by atoms with Gasteiger partial charge in [0.15, 0.2) is 0 Å². The fraction of sp³-hybridized carbons (Fsp3) is 0.294. The molecule has 0 aliphatic rings. The molecule has 26 heavy (non-hydrogen) atoms. The van der Waals surface area contributed by atoms with Crippen LogP contribution in [0, 0.1) is 6.92 Å². The summed E-state index contributed by atoms with van der Waals surface area (Å²) in [6.07, 6.45) is 0.762. The van der Waals surface area contributed by atoms with E-state index < -0.39 is 15.6 Å². The highest BCUT2D eigenvalue weighted by Gasteiger charge is 2.20. The Kier molecular flexibility index (Phi) is 7.60. The van der Waals surface area contributed by atoms with E-state index in [0.29, 0.717) is 12.4 Å². The van der Waals surface area contributed by atoms with Gasteiger partial charge in [-0.15, -0.1) is 11.8 Å². The Morgan fingerprint density at radius 1 is 1.15 bits per heavy atom. The molecule has 9 heteroatoms. The minimum atomic E-state index is -4.03. The predicted octanol–water partition coefficient (Wildman–Crippen LogP) is 3.12. The van der Waals surface area contributed by atoms with E-state index >= 15 is 0 Å². The highest BCUT2D eigenvalue weighted by atomic mass is 35.5. The second kappa shape index (κ2) is 9.48. The van der Waals surface area contributed by atoms with Gasteiger partial charge in [-0.1, -0.05) is 23.7 Å². The number of ether oxygens (including phenoxy) is 1. The van der Waals surface area contributed by atoms with E-state index in [-0.39, 0.29) is 15.7 Å². The SMILES string of the molecule is Cc1cc(OCCCSC(N)N)cc(OS(=O)(=O)c2ccccc2Cl)c1. The van der Waals surface area contributed by atoms with Crippen LogP contribution >= 0.6 is 23.4 Å². The lowest BCUT2D eigenvalue weighted by molar-refractivity contribution is 0.317. The molecule has 0 unspecified atom stereocenters. The van der Waals surface area contributed by atoms with Crippen molar-refractivity contribution in [2.45, 2.75) is 23.7 Å². The summed E-state index contributed by atoms with van der Waals surface area (Å²) in [5.41, 5.74) is 11.3. The normalized spacial score (nSPS) is 11.6. The number of hydrogen-bond donors (Lipinski definition) is 2. The lowest BCUT2D eigenvalue weighted by atomic mass is 10.2. The third kappa shape index (κ3) is 6.37. The van der Waals surface area contributed by atoms with Gasteiger partial charge in [0.25, 0.3) is 0 Å². The Morgan fingerprint density at radius 2 is 1.85 bits per heavy atom. The first-order chi connectivity index (χ1) is 12.3. The number of nitrogens with two attached hydrogens (primary N) is 2. The molecule has 6 nitrogen and oxygen atoms in total. The van der Waals surface area contributed by atoms with Gasteiger partial charge in [-0.05, 0) is 48.9 Å². The van der Waals surface area contributed by atoms with Crippen molar-refractivity contribution < 1.29 is 17.3 Å². The zero-order valence-electron chi connectivity index (χ0n) is 14.2. The highest BCUT2D eigenvalue weighted by molar-refractivity contribution is 7.99. The maximum absolute atomic E-state index is 12.4. The van der Waals surface area contributed by atoms with E-state index in [0.717, 1.165) is 17.7 Å². The van der Waals surface area contributed by atoms with Crippen LogP contribution in [0.3, 0.4) is 0 Å². The van der Waals surface area contributed by atoms with Gasteiger partial charge in [-0.3, -0.25) is 0 Å². The molecule has 2 aromatic rings. The molecule has 0 saturated carbocycles. The molecule has 142 valence electrons. The Bertz CT molecular complexity index is 844. The fourth-order valence-electron chi connectivity index (χ4n) is 2.13. The molecule has 0 amide bonds. The van der Waals surface area contributed by atoms with Gasteiger partial charge >= 0.3 is 10.1 Å². The van der Waals surface area contributed by atoms with E-state index in [1.807, 2.05) is 6.92 Å². The average molecular weight is 417 g/mol. The molecular formula is C17H21ClN2O4S2. The zero-order chi connectivity index (χ0) is 19.2. The number of aryl methyl sites for hydroxylation is 1. The van der Waals surface area contributed by atoms with Crippen LogP contribution in [0.25, 0.3) is 0 Å². The molecule has 0 aliphatic carbocycles. The van der Waals surface area contributed by atoms with Crippen LogP contribution in [0.4, 0.5) is 0 Å². The second-order valence-corrected chi connectivity index (χ2v) is 8.69. The van der Waals surface area contributed by atoms with Crippen molar-refractivity contribution in [1.29, 1.82) is 0 Å². The van der Waals surface area contributed by atoms with Crippen molar-refractivity contribution >= 4 is 33.5 Å². The molecular weight excluding hydrogens is 396 g/mol. The van der Waals surface area contributed by atoms with Gasteiger partial charge in [-0.25, -0.2) is 0 Å². The maximum Gasteiger partial charge on any atom is 0.340 e. The molecule has 0 heterocycles. The third-order valence-electron chi connectivity index (χ3n) is 3.20. The summed E-state index contributed by atoms with van der Waals surface area (Å²) in [5.74, 6) is 1.46. The molecule has 4 N–H and O–H groups in total. The van der Waals surface area contributed by atoms with Crippen LogP contribution in [-0.2, 0) is 10.1 Å². The zero-order valence-corrected chi connectivity index (χ0v) is 16.6. The van der Waals surface area contributed by atoms with Gasteiger partial charge in [-0.2, -0.15) is 8.42 Å². The quantitative estimate of drug-likeness (QED) is 0.367. The monoisotopic (exact) mass is 416 g/mol. The van der Waals surface area contributed by atoms with E-state index in [1.54, 1.807) is 24.3 Å². The molecule has 0 fully saturated rings. The van der Waals surface area contributed by atoms with Crippen molar-refractivity contribution in [3.05, 3.63) is 53.1 Å². The van der Waals surface area contributed by atoms with Crippen LogP contribution in [0.15, 0.2) is 47.4 Å². The van der Waals surface area contributed by atoms with Crippen molar-refractivity contribution in [2.75, 3.05) is 12.4 Å². The van der Waals surface area contributed by atoms with Crippen LogP contribution in [0.1, 0.15) is 12.0 Å². The first-order valence-electron chi connectivity index (χ1n) is 7.84.